The molecule has 4 aromatic rings. The molecule has 0 spiro atoms. The molecule has 4 rings (SSSR count). The van der Waals surface area contributed by atoms with E-state index in [0.717, 1.165) is 16.7 Å². The third kappa shape index (κ3) is 2.31. The van der Waals surface area contributed by atoms with Crippen molar-refractivity contribution >= 4 is 27.2 Å². The van der Waals surface area contributed by atoms with Gasteiger partial charge in [-0.25, -0.2) is 4.98 Å². The van der Waals surface area contributed by atoms with E-state index in [1.165, 1.54) is 11.3 Å². The maximum absolute atomic E-state index is 12.3. The second kappa shape index (κ2) is 5.37. The van der Waals surface area contributed by atoms with Crippen LogP contribution in [0.4, 0.5) is 5.00 Å². The van der Waals surface area contributed by atoms with E-state index < -0.39 is 0 Å². The molecule has 2 heterocycles. The molecule has 3 N–H and O–H groups in total. The van der Waals surface area contributed by atoms with Crippen LogP contribution < -0.4 is 11.3 Å². The van der Waals surface area contributed by atoms with E-state index >= 15 is 0 Å². The highest BCUT2D eigenvalue weighted by atomic mass is 32.1. The summed E-state index contributed by atoms with van der Waals surface area (Å²) in [5.41, 5.74) is 9.47. The largest absolute Gasteiger partial charge is 0.390 e. The Kier molecular flexibility index (Phi) is 3.20. The molecule has 0 aliphatic heterocycles. The van der Waals surface area contributed by atoms with Gasteiger partial charge in [-0.05, 0) is 17.7 Å². The molecular formula is C18H13N3OS. The number of aromatic nitrogens is 2. The fourth-order valence-electron chi connectivity index (χ4n) is 2.65. The Labute approximate surface area is 136 Å². The van der Waals surface area contributed by atoms with Crippen molar-refractivity contribution in [2.45, 2.75) is 0 Å². The summed E-state index contributed by atoms with van der Waals surface area (Å²) in [6, 6.07) is 17.2. The molecule has 0 fully saturated rings. The topological polar surface area (TPSA) is 71.8 Å². The number of fused-ring (bicyclic) bond motifs is 1. The van der Waals surface area contributed by atoms with E-state index in [-0.39, 0.29) is 5.56 Å². The first kappa shape index (κ1) is 13.7. The molecule has 0 bridgehead atoms. The average Bonchev–Trinajstić information content (AvgIpc) is 2.97. The Hall–Kier alpha value is -2.92. The van der Waals surface area contributed by atoms with E-state index in [0.29, 0.717) is 21.7 Å². The van der Waals surface area contributed by atoms with Crippen LogP contribution in [-0.4, -0.2) is 9.97 Å². The molecule has 112 valence electrons. The Morgan fingerprint density at radius 1 is 1.00 bits per heavy atom. The van der Waals surface area contributed by atoms with Crippen molar-refractivity contribution in [1.29, 1.82) is 0 Å². The van der Waals surface area contributed by atoms with Gasteiger partial charge >= 0.3 is 0 Å². The lowest BCUT2D eigenvalue weighted by Gasteiger charge is -2.06. The van der Waals surface area contributed by atoms with Crippen molar-refractivity contribution in [2.24, 2.45) is 0 Å². The van der Waals surface area contributed by atoms with Crippen LogP contribution in [0.3, 0.4) is 0 Å². The monoisotopic (exact) mass is 319 g/mol. The number of benzene rings is 2. The average molecular weight is 319 g/mol. The zero-order valence-electron chi connectivity index (χ0n) is 12.1. The van der Waals surface area contributed by atoms with Crippen LogP contribution in [0.2, 0.25) is 0 Å². The van der Waals surface area contributed by atoms with Crippen LogP contribution in [-0.2, 0) is 0 Å². The number of H-pyrrole nitrogens is 1. The zero-order chi connectivity index (χ0) is 15.8. The number of hydrogen-bond acceptors (Lipinski definition) is 4. The van der Waals surface area contributed by atoms with Gasteiger partial charge in [-0.2, -0.15) is 0 Å². The summed E-state index contributed by atoms with van der Waals surface area (Å²) in [6.45, 7) is 0. The lowest BCUT2D eigenvalue weighted by Crippen LogP contribution is -2.09. The van der Waals surface area contributed by atoms with Crippen molar-refractivity contribution in [2.75, 3.05) is 5.73 Å². The second-order valence-electron chi connectivity index (χ2n) is 5.19. The number of nitrogens with zero attached hydrogens (tertiary/aromatic N) is 1. The van der Waals surface area contributed by atoms with E-state index in [4.69, 9.17) is 5.73 Å². The zero-order valence-corrected chi connectivity index (χ0v) is 12.9. The van der Waals surface area contributed by atoms with Crippen LogP contribution in [0.5, 0.6) is 0 Å². The number of nitrogens with one attached hydrogen (secondary N) is 1. The van der Waals surface area contributed by atoms with E-state index in [2.05, 4.69) is 9.97 Å². The van der Waals surface area contributed by atoms with Gasteiger partial charge in [0.25, 0.3) is 5.56 Å². The van der Waals surface area contributed by atoms with Crippen LogP contribution in [0.25, 0.3) is 33.4 Å². The second-order valence-corrected chi connectivity index (χ2v) is 6.10. The van der Waals surface area contributed by atoms with Gasteiger partial charge in [0.15, 0.2) is 0 Å². The van der Waals surface area contributed by atoms with Gasteiger partial charge in [0, 0.05) is 10.9 Å². The Morgan fingerprint density at radius 3 is 2.57 bits per heavy atom. The fraction of sp³-hybridized carbons (Fsp3) is 0. The smallest absolute Gasteiger partial charge is 0.259 e. The molecule has 0 aliphatic carbocycles. The number of thiophene rings is 1. The molecule has 5 heteroatoms. The van der Waals surface area contributed by atoms with Crippen molar-refractivity contribution < 1.29 is 0 Å². The molecule has 0 atom stereocenters. The minimum atomic E-state index is -0.157. The van der Waals surface area contributed by atoms with Gasteiger partial charge < -0.3 is 10.7 Å². The Bertz CT molecular complexity index is 1050. The van der Waals surface area contributed by atoms with E-state index in [9.17, 15) is 4.79 Å². The number of rotatable bonds is 2. The standard InChI is InChI=1S/C18H13N3OS/c19-16-15(13(10-23-16)11-6-2-1-3-7-11)17-20-14-9-5-4-8-12(14)18(22)21-17/h1-10H,19H2,(H,20,21,22). The van der Waals surface area contributed by atoms with Gasteiger partial charge in [0.05, 0.1) is 21.5 Å². The van der Waals surface area contributed by atoms with Crippen LogP contribution in [0.15, 0.2) is 64.8 Å². The maximum atomic E-state index is 12.3. The third-order valence-corrected chi connectivity index (χ3v) is 4.57. The van der Waals surface area contributed by atoms with Crippen LogP contribution >= 0.6 is 11.3 Å². The summed E-state index contributed by atoms with van der Waals surface area (Å²) >= 11 is 1.45. The SMILES string of the molecule is Nc1scc(-c2ccccc2)c1-c1nc2ccccc2c(=O)[nH]1. The number of aromatic amines is 1. The van der Waals surface area contributed by atoms with Gasteiger partial charge in [0.1, 0.15) is 5.82 Å². The normalized spacial score (nSPS) is 11.0. The molecule has 0 unspecified atom stereocenters. The summed E-state index contributed by atoms with van der Waals surface area (Å²) in [5.74, 6) is 0.506. The first-order valence-electron chi connectivity index (χ1n) is 7.16. The summed E-state index contributed by atoms with van der Waals surface area (Å²) in [5, 5.41) is 3.21. The predicted molar refractivity (Wildman–Crippen MR) is 95.5 cm³/mol. The first-order chi connectivity index (χ1) is 11.2. The molecule has 0 saturated heterocycles. The quantitative estimate of drug-likeness (QED) is 0.588. The minimum absolute atomic E-state index is 0.157. The third-order valence-electron chi connectivity index (χ3n) is 3.75. The van der Waals surface area contributed by atoms with Gasteiger partial charge in [-0.1, -0.05) is 42.5 Å². The van der Waals surface area contributed by atoms with E-state index in [1.807, 2.05) is 53.9 Å². The fourth-order valence-corrected chi connectivity index (χ4v) is 3.48. The summed E-state index contributed by atoms with van der Waals surface area (Å²) in [6.07, 6.45) is 0. The number of nitrogen functional groups attached to an aromatic ring is 1. The molecule has 4 nitrogen and oxygen atoms in total. The van der Waals surface area contributed by atoms with Crippen molar-refractivity contribution in [3.05, 3.63) is 70.3 Å². The summed E-state index contributed by atoms with van der Waals surface area (Å²) in [4.78, 5) is 19.8. The number of para-hydroxylation sites is 1. The van der Waals surface area contributed by atoms with Crippen molar-refractivity contribution in [1.82, 2.24) is 9.97 Å². The molecule has 2 aromatic carbocycles. The Balaban J connectivity index is 1.99. The predicted octanol–water partition coefficient (Wildman–Crippen LogP) is 3.90. The van der Waals surface area contributed by atoms with Crippen molar-refractivity contribution in [3.63, 3.8) is 0 Å². The van der Waals surface area contributed by atoms with Gasteiger partial charge in [0.2, 0.25) is 0 Å². The lowest BCUT2D eigenvalue weighted by molar-refractivity contribution is 1.18. The summed E-state index contributed by atoms with van der Waals surface area (Å²) in [7, 11) is 0. The van der Waals surface area contributed by atoms with Crippen molar-refractivity contribution in [3.8, 4) is 22.5 Å². The highest BCUT2D eigenvalue weighted by Crippen LogP contribution is 2.39. The molecule has 2 aromatic heterocycles. The molecule has 23 heavy (non-hydrogen) atoms. The molecule has 0 saturated carbocycles. The van der Waals surface area contributed by atoms with Gasteiger partial charge in [-0.3, -0.25) is 4.79 Å². The van der Waals surface area contributed by atoms with E-state index in [1.54, 1.807) is 6.07 Å². The van der Waals surface area contributed by atoms with Crippen LogP contribution in [0.1, 0.15) is 0 Å². The number of anilines is 1. The number of nitrogens with two attached hydrogens (primary N) is 1. The molecular weight excluding hydrogens is 306 g/mol. The first-order valence-corrected chi connectivity index (χ1v) is 8.04. The molecule has 0 amide bonds. The lowest BCUT2D eigenvalue weighted by atomic mass is 10.0. The van der Waals surface area contributed by atoms with Crippen LogP contribution in [0, 0.1) is 0 Å². The van der Waals surface area contributed by atoms with Gasteiger partial charge in [-0.15, -0.1) is 11.3 Å². The highest BCUT2D eigenvalue weighted by Gasteiger charge is 2.16. The summed E-state index contributed by atoms with van der Waals surface area (Å²) < 4.78 is 0. The minimum Gasteiger partial charge on any atom is -0.390 e. The molecule has 0 aliphatic rings. The highest BCUT2D eigenvalue weighted by molar-refractivity contribution is 7.15. The maximum Gasteiger partial charge on any atom is 0.259 e. The molecule has 0 radical (unpaired) electrons. The number of hydrogen-bond donors (Lipinski definition) is 2. The Morgan fingerprint density at radius 2 is 1.74 bits per heavy atom.